The Morgan fingerprint density at radius 2 is 0.810 bits per heavy atom. The molecule has 11 rings (SSSR count). The average molecular weight is 745 g/mol. The van der Waals surface area contributed by atoms with Crippen LogP contribution < -0.4 is 4.90 Å². The van der Waals surface area contributed by atoms with Gasteiger partial charge in [0.05, 0.1) is 22.1 Å². The van der Waals surface area contributed by atoms with Crippen LogP contribution in [0.3, 0.4) is 0 Å². The summed E-state index contributed by atoms with van der Waals surface area (Å²) in [7, 11) is 0. The molecule has 0 unspecified atom stereocenters. The Morgan fingerprint density at radius 3 is 1.36 bits per heavy atom. The van der Waals surface area contributed by atoms with Gasteiger partial charge >= 0.3 is 0 Å². The van der Waals surface area contributed by atoms with Crippen molar-refractivity contribution in [3.8, 4) is 27.9 Å². The van der Waals surface area contributed by atoms with E-state index in [9.17, 15) is 0 Å². The second-order valence-electron chi connectivity index (χ2n) is 14.9. The summed E-state index contributed by atoms with van der Waals surface area (Å²) in [5.41, 5.74) is 16.4. The summed E-state index contributed by atoms with van der Waals surface area (Å²) in [6, 6.07) is 84.2. The van der Waals surface area contributed by atoms with Gasteiger partial charge in [0.1, 0.15) is 0 Å². The number of aromatic nitrogens is 1. The third-order valence-corrected chi connectivity index (χ3v) is 11.9. The molecule has 0 saturated heterocycles. The summed E-state index contributed by atoms with van der Waals surface area (Å²) in [5, 5.41) is 2.47. The van der Waals surface area contributed by atoms with Gasteiger partial charge in [-0.2, -0.15) is 0 Å². The topological polar surface area (TPSA) is 8.17 Å². The third kappa shape index (κ3) is 5.41. The van der Waals surface area contributed by atoms with Gasteiger partial charge in [-0.15, -0.1) is 0 Å². The monoisotopic (exact) mass is 744 g/mol. The molecule has 1 aliphatic rings. The van der Waals surface area contributed by atoms with E-state index < -0.39 is 5.41 Å². The average Bonchev–Trinajstić information content (AvgIpc) is 3.63. The van der Waals surface area contributed by atoms with Crippen molar-refractivity contribution >= 4 is 38.9 Å². The van der Waals surface area contributed by atoms with Crippen LogP contribution in [-0.4, -0.2) is 4.57 Å². The summed E-state index contributed by atoms with van der Waals surface area (Å²) in [5.74, 6) is 0. The molecule has 0 spiro atoms. The van der Waals surface area contributed by atoms with Crippen molar-refractivity contribution in [2.45, 2.75) is 12.8 Å². The predicted molar refractivity (Wildman–Crippen MR) is 247 cm³/mol. The molecule has 0 fully saturated rings. The van der Waals surface area contributed by atoms with Crippen molar-refractivity contribution in [2.24, 2.45) is 0 Å². The van der Waals surface area contributed by atoms with Crippen molar-refractivity contribution in [3.05, 3.63) is 253 Å². The second-order valence-corrected chi connectivity index (χ2v) is 14.9. The van der Waals surface area contributed by atoms with E-state index in [1.165, 1.54) is 72.0 Å². The van der Waals surface area contributed by atoms with Crippen molar-refractivity contribution in [3.63, 3.8) is 0 Å². The first-order chi connectivity index (χ1) is 28.3. The fourth-order valence-electron chi connectivity index (χ4n) is 9.36. The van der Waals surface area contributed by atoms with Crippen LogP contribution in [0.2, 0.25) is 0 Å². The smallest absolute Gasteiger partial charge is 0.0742 e. The highest BCUT2D eigenvalue weighted by molar-refractivity contribution is 6.13. The molecule has 1 aliphatic heterocycles. The molecule has 278 valence electrons. The van der Waals surface area contributed by atoms with Gasteiger partial charge in [-0.3, -0.25) is 0 Å². The van der Waals surface area contributed by atoms with E-state index >= 15 is 0 Å². The number of nitrogens with zero attached hydrogens (tertiary/aromatic N) is 2. The molecule has 2 heteroatoms. The molecule has 0 N–H and O–H groups in total. The van der Waals surface area contributed by atoms with Crippen LogP contribution in [0.1, 0.15) is 31.1 Å². The zero-order valence-corrected chi connectivity index (χ0v) is 31.3. The molecule has 2 heterocycles. The SMILES string of the molecule is C.[HH].c1ccc(-c2ccc(N(c3ccc(-c4ccccc4)cc3)c3ccc4c(c3)c3cccc5c3n4-c3ccccc3C5(c3ccccc3)c3ccccc3)cc2)cc1. The predicted octanol–water partition coefficient (Wildman–Crippen LogP) is 15.2. The van der Waals surface area contributed by atoms with Gasteiger partial charge in [-0.1, -0.05) is 189 Å². The first-order valence-electron chi connectivity index (χ1n) is 19.7. The summed E-state index contributed by atoms with van der Waals surface area (Å²) in [6.45, 7) is 0. The van der Waals surface area contributed by atoms with Crippen molar-refractivity contribution < 1.29 is 1.43 Å². The molecule has 0 atom stereocenters. The number of hydrogen-bond acceptors (Lipinski definition) is 1. The first-order valence-corrected chi connectivity index (χ1v) is 19.7. The highest BCUT2D eigenvalue weighted by Crippen LogP contribution is 2.54. The standard InChI is InChI=1S/C55H38N2.CH4.H2/c1-5-16-39(17-6-1)41-28-32-45(33-29-41)56(46-34-30-42(31-35-46)40-18-7-2-8-19-40)47-36-37-52-49(38-47)48-24-15-26-51-54(48)57(52)53-27-14-13-25-50(53)55(51,43-20-9-3-10-21-43)44-22-11-4-12-23-44;;/h1-38H;1H4;1H. The summed E-state index contributed by atoms with van der Waals surface area (Å²) < 4.78 is 2.51. The Kier molecular flexibility index (Phi) is 8.61. The maximum atomic E-state index is 2.51. The van der Waals surface area contributed by atoms with Gasteiger partial charge in [0.2, 0.25) is 0 Å². The fourth-order valence-corrected chi connectivity index (χ4v) is 9.36. The minimum Gasteiger partial charge on any atom is -0.310 e. The molecule has 9 aromatic carbocycles. The van der Waals surface area contributed by atoms with E-state index in [0.29, 0.717) is 0 Å². The molecule has 1 aromatic heterocycles. The quantitative estimate of drug-likeness (QED) is 0.158. The maximum Gasteiger partial charge on any atom is 0.0742 e. The van der Waals surface area contributed by atoms with E-state index in [1.807, 2.05) is 0 Å². The van der Waals surface area contributed by atoms with E-state index in [2.05, 4.69) is 240 Å². The summed E-state index contributed by atoms with van der Waals surface area (Å²) >= 11 is 0. The zero-order chi connectivity index (χ0) is 37.8. The minimum atomic E-state index is -0.501. The van der Waals surface area contributed by atoms with E-state index in [1.54, 1.807) is 0 Å². The van der Waals surface area contributed by atoms with E-state index in [-0.39, 0.29) is 8.85 Å². The largest absolute Gasteiger partial charge is 0.310 e. The molecule has 0 radical (unpaired) electrons. The van der Waals surface area contributed by atoms with Gasteiger partial charge in [0.25, 0.3) is 0 Å². The van der Waals surface area contributed by atoms with Crippen LogP contribution in [0.25, 0.3) is 49.7 Å². The maximum absolute atomic E-state index is 2.51. The number of anilines is 3. The highest BCUT2D eigenvalue weighted by Gasteiger charge is 2.45. The highest BCUT2D eigenvalue weighted by atomic mass is 15.1. The van der Waals surface area contributed by atoms with Crippen molar-refractivity contribution in [2.75, 3.05) is 4.90 Å². The molecule has 0 aliphatic carbocycles. The van der Waals surface area contributed by atoms with Crippen LogP contribution in [0.15, 0.2) is 231 Å². The Bertz CT molecular complexity index is 2910. The normalized spacial score (nSPS) is 12.5. The molecule has 10 aromatic rings. The van der Waals surface area contributed by atoms with Crippen LogP contribution in [0, 0.1) is 0 Å². The summed E-state index contributed by atoms with van der Waals surface area (Å²) in [4.78, 5) is 2.39. The Labute approximate surface area is 342 Å². The van der Waals surface area contributed by atoms with Crippen LogP contribution in [0.5, 0.6) is 0 Å². The molecular weight excluding hydrogens is 701 g/mol. The lowest BCUT2D eigenvalue weighted by molar-refractivity contribution is 0.728. The first kappa shape index (κ1) is 35.0. The van der Waals surface area contributed by atoms with Gasteiger partial charge in [0.15, 0.2) is 0 Å². The summed E-state index contributed by atoms with van der Waals surface area (Å²) in [6.07, 6.45) is 0. The van der Waals surface area contributed by atoms with Crippen molar-refractivity contribution in [1.29, 1.82) is 0 Å². The molecule has 2 nitrogen and oxygen atoms in total. The number of rotatable bonds is 7. The van der Waals surface area contributed by atoms with Crippen LogP contribution in [-0.2, 0) is 5.41 Å². The van der Waals surface area contributed by atoms with Gasteiger partial charge in [-0.25, -0.2) is 0 Å². The number of benzene rings is 9. The number of para-hydroxylation sites is 2. The van der Waals surface area contributed by atoms with E-state index in [4.69, 9.17) is 0 Å². The minimum absolute atomic E-state index is 0. The van der Waals surface area contributed by atoms with Crippen molar-refractivity contribution in [1.82, 2.24) is 4.57 Å². The Hall–Kier alpha value is -7.42. The third-order valence-electron chi connectivity index (χ3n) is 11.9. The van der Waals surface area contributed by atoms with Gasteiger partial charge in [-0.05, 0) is 93.0 Å². The number of hydrogen-bond donors (Lipinski definition) is 0. The van der Waals surface area contributed by atoms with E-state index in [0.717, 1.165) is 17.1 Å². The van der Waals surface area contributed by atoms with Crippen LogP contribution in [0.4, 0.5) is 17.1 Å². The van der Waals surface area contributed by atoms with Gasteiger partial charge in [0, 0.05) is 29.3 Å². The lowest BCUT2D eigenvalue weighted by Crippen LogP contribution is -2.35. The molecule has 58 heavy (non-hydrogen) atoms. The lowest BCUT2D eigenvalue weighted by Gasteiger charge is -2.41. The molecule has 0 bridgehead atoms. The second kappa shape index (κ2) is 14.3. The lowest BCUT2D eigenvalue weighted by atomic mass is 9.63. The van der Waals surface area contributed by atoms with Crippen LogP contribution >= 0.6 is 0 Å². The number of fused-ring (bicyclic) bond motifs is 5. The molecule has 0 amide bonds. The fraction of sp³-hybridized carbons (Fsp3) is 0.0357. The Balaban J connectivity index is 0.00000224. The molecular formula is C56H44N2. The Morgan fingerprint density at radius 1 is 0.362 bits per heavy atom. The van der Waals surface area contributed by atoms with Gasteiger partial charge < -0.3 is 9.47 Å². The molecule has 0 saturated carbocycles. The zero-order valence-electron chi connectivity index (χ0n) is 31.3.